The number of nitrogens with one attached hydrogen (secondary N) is 1. The van der Waals surface area contributed by atoms with Crippen molar-refractivity contribution >= 4 is 33.1 Å². The van der Waals surface area contributed by atoms with Gasteiger partial charge in [0.05, 0.1) is 11.7 Å². The number of fused-ring (bicyclic) bond motifs is 1. The van der Waals surface area contributed by atoms with E-state index in [1.54, 1.807) is 0 Å². The predicted octanol–water partition coefficient (Wildman–Crippen LogP) is 3.84. The van der Waals surface area contributed by atoms with Crippen molar-refractivity contribution in [3.05, 3.63) is 57.0 Å². The van der Waals surface area contributed by atoms with Crippen LogP contribution in [0.4, 0.5) is 5.69 Å². The number of aryl methyl sites for hydroxylation is 2. The summed E-state index contributed by atoms with van der Waals surface area (Å²) in [5.74, 6) is 0.143. The molecule has 2 aromatic heterocycles. The molecule has 1 N–H and O–H groups in total. The van der Waals surface area contributed by atoms with Gasteiger partial charge in [-0.05, 0) is 43.0 Å². The molecule has 0 atom stereocenters. The van der Waals surface area contributed by atoms with Gasteiger partial charge in [0.1, 0.15) is 11.4 Å². The van der Waals surface area contributed by atoms with Crippen molar-refractivity contribution in [2.24, 2.45) is 0 Å². The van der Waals surface area contributed by atoms with Gasteiger partial charge >= 0.3 is 0 Å². The van der Waals surface area contributed by atoms with E-state index in [4.69, 9.17) is 0 Å². The minimum Gasteiger partial charge on any atom is -0.325 e. The van der Waals surface area contributed by atoms with Gasteiger partial charge in [-0.1, -0.05) is 26.0 Å². The third kappa shape index (κ3) is 3.49. The molecule has 0 radical (unpaired) electrons. The SMILES string of the molecule is Cc1sc2ncn(CC(=O)Nc3cccc(C(C)C)c3)c(=O)c2c1C. The number of hydrogen-bond acceptors (Lipinski definition) is 4. The third-order valence-electron chi connectivity index (χ3n) is 4.31. The molecule has 0 spiro atoms. The molecule has 0 aliphatic carbocycles. The van der Waals surface area contributed by atoms with E-state index in [2.05, 4.69) is 24.1 Å². The summed E-state index contributed by atoms with van der Waals surface area (Å²) in [5, 5.41) is 3.47. The van der Waals surface area contributed by atoms with E-state index in [1.165, 1.54) is 22.2 Å². The normalized spacial score (nSPS) is 11.2. The molecule has 0 fully saturated rings. The molecular formula is C19H21N3O2S. The summed E-state index contributed by atoms with van der Waals surface area (Å²) < 4.78 is 1.36. The highest BCUT2D eigenvalue weighted by atomic mass is 32.1. The highest BCUT2D eigenvalue weighted by Crippen LogP contribution is 2.25. The molecule has 1 amide bonds. The van der Waals surface area contributed by atoms with Crippen LogP contribution in [0.1, 0.15) is 35.8 Å². The van der Waals surface area contributed by atoms with Gasteiger partial charge in [0.15, 0.2) is 0 Å². The monoisotopic (exact) mass is 355 g/mol. The van der Waals surface area contributed by atoms with Crippen molar-refractivity contribution in [3.8, 4) is 0 Å². The van der Waals surface area contributed by atoms with E-state index in [-0.39, 0.29) is 18.0 Å². The zero-order valence-corrected chi connectivity index (χ0v) is 15.6. The number of hydrogen-bond donors (Lipinski definition) is 1. The first-order chi connectivity index (χ1) is 11.9. The van der Waals surface area contributed by atoms with Crippen LogP contribution in [0.2, 0.25) is 0 Å². The van der Waals surface area contributed by atoms with Crippen molar-refractivity contribution in [1.29, 1.82) is 0 Å². The Balaban J connectivity index is 1.83. The van der Waals surface area contributed by atoms with E-state index in [9.17, 15) is 9.59 Å². The van der Waals surface area contributed by atoms with E-state index in [0.29, 0.717) is 11.3 Å². The Morgan fingerprint density at radius 2 is 2.08 bits per heavy atom. The molecule has 3 aromatic rings. The van der Waals surface area contributed by atoms with E-state index >= 15 is 0 Å². The Hall–Kier alpha value is -2.47. The highest BCUT2D eigenvalue weighted by Gasteiger charge is 2.14. The van der Waals surface area contributed by atoms with Crippen LogP contribution >= 0.6 is 11.3 Å². The summed E-state index contributed by atoms with van der Waals surface area (Å²) in [5.41, 5.74) is 2.66. The van der Waals surface area contributed by atoms with Crippen molar-refractivity contribution in [3.63, 3.8) is 0 Å². The quantitative estimate of drug-likeness (QED) is 0.773. The number of carbonyl (C=O) groups is 1. The van der Waals surface area contributed by atoms with Crippen molar-refractivity contribution in [2.45, 2.75) is 40.2 Å². The van der Waals surface area contributed by atoms with Gasteiger partial charge in [-0.15, -0.1) is 11.3 Å². The van der Waals surface area contributed by atoms with E-state index in [1.807, 2.05) is 38.1 Å². The molecule has 130 valence electrons. The Kier molecular flexibility index (Phi) is 4.72. The number of benzene rings is 1. The summed E-state index contributed by atoms with van der Waals surface area (Å²) in [4.78, 5) is 31.1. The topological polar surface area (TPSA) is 64.0 Å². The Morgan fingerprint density at radius 3 is 2.80 bits per heavy atom. The highest BCUT2D eigenvalue weighted by molar-refractivity contribution is 7.18. The molecule has 6 heteroatoms. The molecule has 0 saturated carbocycles. The standard InChI is InChI=1S/C19H21N3O2S/c1-11(2)14-6-5-7-15(8-14)21-16(23)9-22-10-20-18-17(19(22)24)12(3)13(4)25-18/h5-8,10-11H,9H2,1-4H3,(H,21,23). The molecule has 0 aliphatic rings. The zero-order valence-electron chi connectivity index (χ0n) is 14.8. The van der Waals surface area contributed by atoms with Crippen LogP contribution in [0.15, 0.2) is 35.4 Å². The number of aromatic nitrogens is 2. The molecule has 25 heavy (non-hydrogen) atoms. The minimum absolute atomic E-state index is 0.0536. The zero-order chi connectivity index (χ0) is 18.1. The second-order valence-corrected chi connectivity index (χ2v) is 7.67. The first-order valence-corrected chi connectivity index (χ1v) is 9.03. The number of carbonyl (C=O) groups excluding carboxylic acids is 1. The number of rotatable bonds is 4. The van der Waals surface area contributed by atoms with Crippen LogP contribution in [0.25, 0.3) is 10.2 Å². The Bertz CT molecular complexity index is 1000. The molecule has 0 bridgehead atoms. The maximum atomic E-state index is 12.6. The molecule has 0 aliphatic heterocycles. The minimum atomic E-state index is -0.242. The van der Waals surface area contributed by atoms with Gasteiger partial charge in [-0.2, -0.15) is 0 Å². The number of amides is 1. The van der Waals surface area contributed by atoms with Crippen molar-refractivity contribution < 1.29 is 4.79 Å². The fourth-order valence-corrected chi connectivity index (χ4v) is 3.70. The molecule has 1 aromatic carbocycles. The smallest absolute Gasteiger partial charge is 0.262 e. The second-order valence-electron chi connectivity index (χ2n) is 6.47. The molecule has 0 unspecified atom stereocenters. The average molecular weight is 355 g/mol. The summed E-state index contributed by atoms with van der Waals surface area (Å²) >= 11 is 1.50. The van der Waals surface area contributed by atoms with Crippen LogP contribution in [0.3, 0.4) is 0 Å². The van der Waals surface area contributed by atoms with Gasteiger partial charge in [0.2, 0.25) is 5.91 Å². The van der Waals surface area contributed by atoms with Gasteiger partial charge in [0.25, 0.3) is 5.56 Å². The second kappa shape index (κ2) is 6.80. The van der Waals surface area contributed by atoms with Crippen molar-refractivity contribution in [2.75, 3.05) is 5.32 Å². The van der Waals surface area contributed by atoms with Crippen LogP contribution in [0, 0.1) is 13.8 Å². The van der Waals surface area contributed by atoms with Crippen LogP contribution in [0.5, 0.6) is 0 Å². The predicted molar refractivity (Wildman–Crippen MR) is 103 cm³/mol. The van der Waals surface area contributed by atoms with Gasteiger partial charge in [-0.3, -0.25) is 14.2 Å². The maximum absolute atomic E-state index is 12.6. The fraction of sp³-hybridized carbons (Fsp3) is 0.316. The lowest BCUT2D eigenvalue weighted by Crippen LogP contribution is -2.27. The lowest BCUT2D eigenvalue weighted by molar-refractivity contribution is -0.116. The number of thiophene rings is 1. The molecule has 0 saturated heterocycles. The molecular weight excluding hydrogens is 334 g/mol. The van der Waals surface area contributed by atoms with Crippen LogP contribution < -0.4 is 10.9 Å². The van der Waals surface area contributed by atoms with Gasteiger partial charge < -0.3 is 5.32 Å². The molecule has 2 heterocycles. The Labute approximate surface area is 150 Å². The fourth-order valence-electron chi connectivity index (χ4n) is 2.71. The van der Waals surface area contributed by atoms with Crippen LogP contribution in [-0.4, -0.2) is 15.5 Å². The summed E-state index contributed by atoms with van der Waals surface area (Å²) in [6.45, 7) is 8.04. The summed E-state index contributed by atoms with van der Waals surface area (Å²) in [7, 11) is 0. The summed E-state index contributed by atoms with van der Waals surface area (Å²) in [6.07, 6.45) is 1.45. The maximum Gasteiger partial charge on any atom is 0.262 e. The van der Waals surface area contributed by atoms with E-state index in [0.717, 1.165) is 26.5 Å². The third-order valence-corrected chi connectivity index (χ3v) is 5.42. The largest absolute Gasteiger partial charge is 0.325 e. The molecule has 5 nitrogen and oxygen atoms in total. The Morgan fingerprint density at radius 1 is 1.32 bits per heavy atom. The van der Waals surface area contributed by atoms with Gasteiger partial charge in [-0.25, -0.2) is 4.98 Å². The van der Waals surface area contributed by atoms with E-state index < -0.39 is 0 Å². The first-order valence-electron chi connectivity index (χ1n) is 8.21. The first kappa shape index (κ1) is 17.4. The average Bonchev–Trinajstić information content (AvgIpc) is 2.85. The lowest BCUT2D eigenvalue weighted by Gasteiger charge is -2.10. The summed E-state index contributed by atoms with van der Waals surface area (Å²) in [6, 6.07) is 7.76. The van der Waals surface area contributed by atoms with Crippen LogP contribution in [-0.2, 0) is 11.3 Å². The molecule has 3 rings (SSSR count). The lowest BCUT2D eigenvalue weighted by atomic mass is 10.0. The van der Waals surface area contributed by atoms with Crippen molar-refractivity contribution in [1.82, 2.24) is 9.55 Å². The number of nitrogens with zero attached hydrogens (tertiary/aromatic N) is 2. The van der Waals surface area contributed by atoms with Gasteiger partial charge in [0, 0.05) is 10.6 Å². The number of anilines is 1.